The molecule has 2 aromatic heterocycles. The van der Waals surface area contributed by atoms with Gasteiger partial charge in [0.15, 0.2) is 5.84 Å². The third kappa shape index (κ3) is 5.92. The number of benzene rings is 6. The number of nitrogens with zero attached hydrogens (tertiary/aromatic N) is 2. The summed E-state index contributed by atoms with van der Waals surface area (Å²) in [5, 5.41) is 3.12. The quantitative estimate of drug-likeness (QED) is 0.0951. The molecule has 0 bridgehead atoms. The summed E-state index contributed by atoms with van der Waals surface area (Å²) in [6, 6.07) is 49.6. The smallest absolute Gasteiger partial charge is 0.154 e. The molecule has 234 valence electrons. The minimum absolute atomic E-state index is 0.491. The van der Waals surface area contributed by atoms with Gasteiger partial charge in [0.2, 0.25) is 0 Å². The van der Waals surface area contributed by atoms with Crippen molar-refractivity contribution in [2.75, 3.05) is 0 Å². The van der Waals surface area contributed by atoms with Gasteiger partial charge in [0, 0.05) is 39.1 Å². The molecule has 0 aliphatic rings. The van der Waals surface area contributed by atoms with Gasteiger partial charge in [-0.3, -0.25) is 4.99 Å². The summed E-state index contributed by atoms with van der Waals surface area (Å²) in [5.41, 5.74) is 9.71. The fourth-order valence-electron chi connectivity index (χ4n) is 6.30. The second-order valence-electron chi connectivity index (χ2n) is 11.8. The Morgan fingerprint density at radius 3 is 2.10 bits per heavy atom. The summed E-state index contributed by atoms with van der Waals surface area (Å²) in [6.07, 6.45) is 7.42. The lowest BCUT2D eigenvalue weighted by atomic mass is 9.97. The summed E-state index contributed by atoms with van der Waals surface area (Å²) >= 11 is 0. The molecule has 0 radical (unpaired) electrons. The lowest BCUT2D eigenvalue weighted by Crippen LogP contribution is -2.00. The number of furan rings is 2. The van der Waals surface area contributed by atoms with Crippen molar-refractivity contribution < 1.29 is 8.83 Å². The van der Waals surface area contributed by atoms with E-state index in [1.807, 2.05) is 85.1 Å². The van der Waals surface area contributed by atoms with E-state index in [0.29, 0.717) is 18.1 Å². The summed E-state index contributed by atoms with van der Waals surface area (Å²) in [5.74, 6) is 1.32. The van der Waals surface area contributed by atoms with Crippen LogP contribution in [0.4, 0.5) is 0 Å². The molecule has 0 spiro atoms. The zero-order valence-corrected chi connectivity index (χ0v) is 26.8. The van der Waals surface area contributed by atoms with Crippen molar-refractivity contribution in [3.05, 3.63) is 187 Å². The second-order valence-corrected chi connectivity index (χ2v) is 11.8. The number of rotatable bonds is 8. The van der Waals surface area contributed by atoms with Crippen LogP contribution in [0.25, 0.3) is 61.2 Å². The van der Waals surface area contributed by atoms with Gasteiger partial charge in [0.1, 0.15) is 22.5 Å². The van der Waals surface area contributed by atoms with Gasteiger partial charge in [-0.2, -0.15) is 0 Å². The first-order valence-corrected chi connectivity index (χ1v) is 16.3. The van der Waals surface area contributed by atoms with E-state index in [9.17, 15) is 0 Å². The predicted molar refractivity (Wildman–Crippen MR) is 204 cm³/mol. The van der Waals surface area contributed by atoms with Crippen molar-refractivity contribution in [2.45, 2.75) is 6.54 Å². The summed E-state index contributed by atoms with van der Waals surface area (Å²) in [7, 11) is 0. The minimum atomic E-state index is 0.491. The fourth-order valence-corrected chi connectivity index (χ4v) is 6.30. The first-order valence-electron chi connectivity index (χ1n) is 16.3. The number of allylic oxidation sites excluding steroid dienone is 2. The first kappa shape index (κ1) is 29.9. The molecule has 0 fully saturated rings. The average molecular weight is 633 g/mol. The molecule has 2 heterocycles. The van der Waals surface area contributed by atoms with E-state index in [2.05, 4.69) is 85.4 Å². The van der Waals surface area contributed by atoms with Crippen LogP contribution in [0.2, 0.25) is 0 Å². The van der Waals surface area contributed by atoms with Gasteiger partial charge in [0.25, 0.3) is 0 Å². The van der Waals surface area contributed by atoms with Crippen LogP contribution in [0.5, 0.6) is 0 Å². The van der Waals surface area contributed by atoms with Crippen LogP contribution < -0.4 is 0 Å². The molecule has 4 heteroatoms. The van der Waals surface area contributed by atoms with Gasteiger partial charge in [-0.25, -0.2) is 4.99 Å². The molecule has 0 saturated heterocycles. The summed E-state index contributed by atoms with van der Waals surface area (Å²) in [6.45, 7) is 4.37. The second kappa shape index (κ2) is 13.3. The molecule has 8 aromatic rings. The SMILES string of the molecule is C=C/C=C\c1oc2cccc(-c3cccc4c3oc3ccccc34)c2c1/C=N/C(=N\Cc1ccc(-c2ccccc2)cc1)c1ccccc1. The number of aliphatic imine (C=N–C) groups is 2. The number of hydrogen-bond acceptors (Lipinski definition) is 3. The molecular formula is C45H32N2O2. The summed E-state index contributed by atoms with van der Waals surface area (Å²) < 4.78 is 12.9. The predicted octanol–water partition coefficient (Wildman–Crippen LogP) is 11.9. The topological polar surface area (TPSA) is 51.0 Å². The lowest BCUT2D eigenvalue weighted by Gasteiger charge is -2.06. The Morgan fingerprint density at radius 2 is 1.29 bits per heavy atom. The molecule has 8 rings (SSSR count). The van der Waals surface area contributed by atoms with Crippen LogP contribution in [0.15, 0.2) is 183 Å². The van der Waals surface area contributed by atoms with Crippen LogP contribution in [0, 0.1) is 0 Å². The Morgan fingerprint density at radius 1 is 0.612 bits per heavy atom. The maximum Gasteiger partial charge on any atom is 0.154 e. The zero-order valence-electron chi connectivity index (χ0n) is 26.8. The highest BCUT2D eigenvalue weighted by Crippen LogP contribution is 2.40. The van der Waals surface area contributed by atoms with Gasteiger partial charge < -0.3 is 8.83 Å². The standard InChI is InChI=1S/C45H32N2O2/c1-2-3-22-41-39(43-36(19-13-24-42(43)48-41)38-21-12-20-37-35-18-10-11-23-40(35)49-44(37)38)30-47-45(34-16-8-5-9-17-34)46-29-31-25-27-33(28-26-31)32-14-6-4-7-15-32/h2-28,30H,1,29H2/b22-3-,46-45-,47-30+. The van der Waals surface area contributed by atoms with Crippen LogP contribution in [-0.4, -0.2) is 12.1 Å². The number of hydrogen-bond donors (Lipinski definition) is 0. The Labute approximate surface area is 284 Å². The average Bonchev–Trinajstić information content (AvgIpc) is 3.73. The zero-order chi connectivity index (χ0) is 33.0. The van der Waals surface area contributed by atoms with Crippen molar-refractivity contribution in [3.8, 4) is 22.3 Å². The van der Waals surface area contributed by atoms with Gasteiger partial charge in [0.05, 0.1) is 6.54 Å². The van der Waals surface area contributed by atoms with Crippen LogP contribution in [0.3, 0.4) is 0 Å². The molecule has 49 heavy (non-hydrogen) atoms. The van der Waals surface area contributed by atoms with E-state index >= 15 is 0 Å². The number of para-hydroxylation sites is 2. The van der Waals surface area contributed by atoms with Crippen molar-refractivity contribution in [1.29, 1.82) is 0 Å². The fraction of sp³-hybridized carbons (Fsp3) is 0.0222. The maximum atomic E-state index is 6.45. The van der Waals surface area contributed by atoms with Crippen molar-refractivity contribution >= 4 is 51.0 Å². The Bertz CT molecular complexity index is 2520. The lowest BCUT2D eigenvalue weighted by molar-refractivity contribution is 0.603. The molecule has 0 amide bonds. The largest absolute Gasteiger partial charge is 0.456 e. The third-order valence-electron chi connectivity index (χ3n) is 8.68. The minimum Gasteiger partial charge on any atom is -0.456 e. The van der Waals surface area contributed by atoms with Crippen molar-refractivity contribution in [1.82, 2.24) is 0 Å². The highest BCUT2D eigenvalue weighted by molar-refractivity contribution is 6.16. The summed E-state index contributed by atoms with van der Waals surface area (Å²) in [4.78, 5) is 10.1. The number of fused-ring (bicyclic) bond motifs is 4. The van der Waals surface area contributed by atoms with Crippen molar-refractivity contribution in [2.24, 2.45) is 9.98 Å². The monoisotopic (exact) mass is 632 g/mol. The van der Waals surface area contributed by atoms with E-state index in [1.54, 1.807) is 6.08 Å². The highest BCUT2D eigenvalue weighted by Gasteiger charge is 2.19. The highest BCUT2D eigenvalue weighted by atomic mass is 16.3. The number of amidine groups is 1. The molecule has 0 unspecified atom stereocenters. The molecular weight excluding hydrogens is 601 g/mol. The molecule has 4 nitrogen and oxygen atoms in total. The first-order chi connectivity index (χ1) is 24.3. The van der Waals surface area contributed by atoms with Crippen LogP contribution in [0.1, 0.15) is 22.5 Å². The molecule has 0 atom stereocenters. The van der Waals surface area contributed by atoms with E-state index in [0.717, 1.165) is 60.7 Å². The van der Waals surface area contributed by atoms with Gasteiger partial charge in [-0.1, -0.05) is 152 Å². The van der Waals surface area contributed by atoms with Gasteiger partial charge in [-0.05, 0) is 40.5 Å². The molecule has 0 saturated carbocycles. The molecule has 0 aliphatic heterocycles. The Hall–Kier alpha value is -6.52. The van der Waals surface area contributed by atoms with Gasteiger partial charge in [-0.15, -0.1) is 0 Å². The van der Waals surface area contributed by atoms with Crippen molar-refractivity contribution in [3.63, 3.8) is 0 Å². The molecule has 0 aliphatic carbocycles. The Kier molecular flexibility index (Phi) is 8.11. The van der Waals surface area contributed by atoms with Crippen LogP contribution in [-0.2, 0) is 6.54 Å². The van der Waals surface area contributed by atoms with Gasteiger partial charge >= 0.3 is 0 Å². The van der Waals surface area contributed by atoms with E-state index in [4.69, 9.17) is 18.8 Å². The maximum absolute atomic E-state index is 6.45. The molecule has 0 N–H and O–H groups in total. The normalized spacial score (nSPS) is 12.2. The van der Waals surface area contributed by atoms with E-state index < -0.39 is 0 Å². The Balaban J connectivity index is 1.23. The van der Waals surface area contributed by atoms with E-state index in [-0.39, 0.29) is 0 Å². The molecule has 6 aromatic carbocycles. The van der Waals surface area contributed by atoms with E-state index in [1.165, 1.54) is 11.1 Å². The van der Waals surface area contributed by atoms with Crippen LogP contribution >= 0.6 is 0 Å². The third-order valence-corrected chi connectivity index (χ3v) is 8.68.